The van der Waals surface area contributed by atoms with E-state index in [-0.39, 0.29) is 11.6 Å². The van der Waals surface area contributed by atoms with Gasteiger partial charge in [0, 0.05) is 29.9 Å². The highest BCUT2D eigenvalue weighted by atomic mass is 16.5. The number of likely N-dealkylation sites (tertiary alicyclic amines) is 1. The molecule has 2 atom stereocenters. The molecular weight excluding hydrogens is 372 g/mol. The number of aromatic nitrogens is 1. The normalized spacial score (nSPS) is 19.5. The van der Waals surface area contributed by atoms with E-state index in [2.05, 4.69) is 48.0 Å². The summed E-state index contributed by atoms with van der Waals surface area (Å²) in [6.45, 7) is 5.84. The minimum atomic E-state index is -0.608. The van der Waals surface area contributed by atoms with Crippen LogP contribution in [0.25, 0.3) is 0 Å². The second-order valence-corrected chi connectivity index (χ2v) is 8.71. The molecule has 2 heterocycles. The minimum absolute atomic E-state index is 0.0380. The summed E-state index contributed by atoms with van der Waals surface area (Å²) in [6, 6.07) is 22.5. The minimum Gasteiger partial charge on any atom is -0.487 e. The quantitative estimate of drug-likeness (QED) is 0.595. The number of pyridine rings is 1. The topological polar surface area (TPSA) is 45.6 Å². The molecule has 1 aromatic heterocycles. The average Bonchev–Trinajstić information content (AvgIpc) is 3.07. The molecule has 30 heavy (non-hydrogen) atoms. The molecule has 1 aliphatic heterocycles. The van der Waals surface area contributed by atoms with Crippen LogP contribution in [0, 0.1) is 0 Å². The third-order valence-electron chi connectivity index (χ3n) is 6.11. The Morgan fingerprint density at radius 3 is 2.40 bits per heavy atom. The highest BCUT2D eigenvalue weighted by molar-refractivity contribution is 5.27. The fraction of sp³-hybridized carbons (Fsp3) is 0.346. The number of rotatable bonds is 7. The Hall–Kier alpha value is -2.69. The van der Waals surface area contributed by atoms with E-state index in [1.165, 1.54) is 5.56 Å². The maximum Gasteiger partial charge on any atom is 0.138 e. The predicted octanol–water partition coefficient (Wildman–Crippen LogP) is 5.14. The smallest absolute Gasteiger partial charge is 0.138 e. The molecule has 0 radical (unpaired) electrons. The summed E-state index contributed by atoms with van der Waals surface area (Å²) in [7, 11) is 0. The highest BCUT2D eigenvalue weighted by Gasteiger charge is 2.42. The van der Waals surface area contributed by atoms with Crippen molar-refractivity contribution in [1.29, 1.82) is 0 Å². The van der Waals surface area contributed by atoms with Crippen LogP contribution in [-0.2, 0) is 13.2 Å². The van der Waals surface area contributed by atoms with Crippen LogP contribution in [0.15, 0.2) is 79.1 Å². The maximum atomic E-state index is 11.3. The molecule has 0 saturated carbocycles. The van der Waals surface area contributed by atoms with Gasteiger partial charge >= 0.3 is 0 Å². The van der Waals surface area contributed by atoms with Crippen molar-refractivity contribution < 1.29 is 9.84 Å². The molecule has 0 unspecified atom stereocenters. The first-order valence-electron chi connectivity index (χ1n) is 10.6. The number of ether oxygens (including phenoxy) is 1. The molecule has 1 N–H and O–H groups in total. The molecular formula is C26H30N2O2. The van der Waals surface area contributed by atoms with Gasteiger partial charge < -0.3 is 9.84 Å². The van der Waals surface area contributed by atoms with Crippen molar-refractivity contribution in [2.45, 2.75) is 57.5 Å². The molecule has 4 rings (SSSR count). The molecule has 0 aliphatic carbocycles. The lowest BCUT2D eigenvalue weighted by Gasteiger charge is -2.38. The lowest BCUT2D eigenvalue weighted by Crippen LogP contribution is -2.44. The fourth-order valence-electron chi connectivity index (χ4n) is 4.33. The number of nitrogens with zero attached hydrogens (tertiary/aromatic N) is 2. The van der Waals surface area contributed by atoms with E-state index in [9.17, 15) is 5.11 Å². The molecule has 4 nitrogen and oxygen atoms in total. The van der Waals surface area contributed by atoms with Crippen LogP contribution in [0.3, 0.4) is 0 Å². The lowest BCUT2D eigenvalue weighted by atomic mass is 10.0. The van der Waals surface area contributed by atoms with Crippen LogP contribution in [0.4, 0.5) is 0 Å². The van der Waals surface area contributed by atoms with Gasteiger partial charge in [0.15, 0.2) is 0 Å². The summed E-state index contributed by atoms with van der Waals surface area (Å²) >= 11 is 0. The summed E-state index contributed by atoms with van der Waals surface area (Å²) in [5.74, 6) is 0.683. The average molecular weight is 403 g/mol. The second-order valence-electron chi connectivity index (χ2n) is 8.71. The molecule has 1 aliphatic rings. The first kappa shape index (κ1) is 20.6. The van der Waals surface area contributed by atoms with E-state index < -0.39 is 6.10 Å². The van der Waals surface area contributed by atoms with Crippen molar-refractivity contribution in [3.8, 4) is 5.75 Å². The monoisotopic (exact) mass is 402 g/mol. The van der Waals surface area contributed by atoms with Crippen molar-refractivity contribution in [3.63, 3.8) is 0 Å². The SMILES string of the molecule is CC1(C)CC[C@H]([C@@H](O)c2cncc(OCc3ccccc3)c2)N1Cc1ccccc1. The summed E-state index contributed by atoms with van der Waals surface area (Å²) in [4.78, 5) is 6.77. The van der Waals surface area contributed by atoms with Crippen molar-refractivity contribution >= 4 is 0 Å². The molecule has 1 saturated heterocycles. The molecule has 2 aromatic carbocycles. The van der Waals surface area contributed by atoms with E-state index in [1.807, 2.05) is 42.5 Å². The van der Waals surface area contributed by atoms with Crippen LogP contribution < -0.4 is 4.74 Å². The van der Waals surface area contributed by atoms with Crippen LogP contribution in [0.2, 0.25) is 0 Å². The lowest BCUT2D eigenvalue weighted by molar-refractivity contribution is 0.0273. The van der Waals surface area contributed by atoms with E-state index in [1.54, 1.807) is 12.4 Å². The third kappa shape index (κ3) is 4.72. The molecule has 3 aromatic rings. The zero-order chi connectivity index (χ0) is 21.0. The van der Waals surface area contributed by atoms with Gasteiger partial charge in [-0.25, -0.2) is 0 Å². The van der Waals surface area contributed by atoms with Gasteiger partial charge in [-0.05, 0) is 43.9 Å². The molecule has 1 fully saturated rings. The Bertz CT molecular complexity index is 944. The van der Waals surface area contributed by atoms with Crippen molar-refractivity contribution in [2.24, 2.45) is 0 Å². The zero-order valence-corrected chi connectivity index (χ0v) is 17.7. The Morgan fingerprint density at radius 1 is 1.03 bits per heavy atom. The zero-order valence-electron chi connectivity index (χ0n) is 17.7. The van der Waals surface area contributed by atoms with E-state index in [4.69, 9.17) is 4.74 Å². The molecule has 156 valence electrons. The summed E-state index contributed by atoms with van der Waals surface area (Å²) in [5.41, 5.74) is 3.22. The Morgan fingerprint density at radius 2 is 1.70 bits per heavy atom. The standard InChI is InChI=1S/C26H30N2O2/c1-26(2)14-13-24(28(26)18-20-9-5-3-6-10-20)25(29)22-15-23(17-27-16-22)30-19-21-11-7-4-8-12-21/h3-12,15-17,24-25,29H,13-14,18-19H2,1-2H3/t24-,25+/m1/s1. The van der Waals surface area contributed by atoms with Crippen LogP contribution in [-0.4, -0.2) is 26.6 Å². The third-order valence-corrected chi connectivity index (χ3v) is 6.11. The molecule has 0 spiro atoms. The van der Waals surface area contributed by atoms with Crippen LogP contribution >= 0.6 is 0 Å². The van der Waals surface area contributed by atoms with Gasteiger partial charge in [-0.15, -0.1) is 0 Å². The second kappa shape index (κ2) is 8.99. The highest BCUT2D eigenvalue weighted by Crippen LogP contribution is 2.40. The van der Waals surface area contributed by atoms with Gasteiger partial charge in [0.1, 0.15) is 12.4 Å². The maximum absolute atomic E-state index is 11.3. The largest absolute Gasteiger partial charge is 0.487 e. The van der Waals surface area contributed by atoms with E-state index in [0.717, 1.165) is 30.5 Å². The van der Waals surface area contributed by atoms with Crippen LogP contribution in [0.1, 0.15) is 49.5 Å². The predicted molar refractivity (Wildman–Crippen MR) is 119 cm³/mol. The Kier molecular flexibility index (Phi) is 6.16. The summed E-state index contributed by atoms with van der Waals surface area (Å²) < 4.78 is 5.92. The van der Waals surface area contributed by atoms with Crippen molar-refractivity contribution in [2.75, 3.05) is 0 Å². The number of aliphatic hydroxyl groups excluding tert-OH is 1. The van der Waals surface area contributed by atoms with Gasteiger partial charge in [-0.2, -0.15) is 0 Å². The molecule has 4 heteroatoms. The van der Waals surface area contributed by atoms with E-state index >= 15 is 0 Å². The van der Waals surface area contributed by atoms with Gasteiger partial charge in [-0.3, -0.25) is 9.88 Å². The Labute approximate surface area is 179 Å². The number of benzene rings is 2. The summed E-state index contributed by atoms with van der Waals surface area (Å²) in [5, 5.41) is 11.3. The van der Waals surface area contributed by atoms with Gasteiger partial charge in [0.2, 0.25) is 0 Å². The number of aliphatic hydroxyl groups is 1. The van der Waals surface area contributed by atoms with Crippen molar-refractivity contribution in [3.05, 3.63) is 95.8 Å². The van der Waals surface area contributed by atoms with Gasteiger partial charge in [0.25, 0.3) is 0 Å². The molecule has 0 amide bonds. The Balaban J connectivity index is 1.49. The van der Waals surface area contributed by atoms with Gasteiger partial charge in [-0.1, -0.05) is 60.7 Å². The first-order chi connectivity index (χ1) is 14.5. The van der Waals surface area contributed by atoms with Gasteiger partial charge in [0.05, 0.1) is 12.3 Å². The summed E-state index contributed by atoms with van der Waals surface area (Å²) in [6.07, 6.45) is 4.86. The number of hydrogen-bond acceptors (Lipinski definition) is 4. The first-order valence-corrected chi connectivity index (χ1v) is 10.6. The van der Waals surface area contributed by atoms with E-state index in [0.29, 0.717) is 12.4 Å². The molecule has 0 bridgehead atoms. The van der Waals surface area contributed by atoms with Crippen molar-refractivity contribution in [1.82, 2.24) is 9.88 Å². The number of hydrogen-bond donors (Lipinski definition) is 1. The van der Waals surface area contributed by atoms with Crippen LogP contribution in [0.5, 0.6) is 5.75 Å². The fourth-order valence-corrected chi connectivity index (χ4v) is 4.33.